The van der Waals surface area contributed by atoms with Crippen molar-refractivity contribution in [2.75, 3.05) is 14.1 Å². The normalized spacial score (nSPS) is 15.5. The summed E-state index contributed by atoms with van der Waals surface area (Å²) in [6.07, 6.45) is -11.9. The fourth-order valence-electron chi connectivity index (χ4n) is 0.520. The third-order valence-corrected chi connectivity index (χ3v) is 2.21. The Balaban J connectivity index is 0. The Bertz CT molecular complexity index is 378. The first-order valence-corrected chi connectivity index (χ1v) is 5.64. The maximum atomic E-state index is 12.2. The number of hydrogen-bond donors (Lipinski definition) is 1. The van der Waals surface area contributed by atoms with Crippen LogP contribution in [0.4, 0.5) is 35.1 Å². The number of alkyl halides is 8. The highest BCUT2D eigenvalue weighted by Crippen LogP contribution is 2.46. The van der Waals surface area contributed by atoms with Crippen LogP contribution in [0.1, 0.15) is 0 Å². The summed E-state index contributed by atoms with van der Waals surface area (Å²) >= 11 is 0. The van der Waals surface area contributed by atoms with Gasteiger partial charge in [-0.25, -0.2) is 12.8 Å². The second-order valence-electron chi connectivity index (χ2n) is 3.08. The van der Waals surface area contributed by atoms with Gasteiger partial charge in [0.1, 0.15) is 0 Å². The second kappa shape index (κ2) is 6.17. The predicted octanol–water partition coefficient (Wildman–Crippen LogP) is 0.470. The van der Waals surface area contributed by atoms with Crippen LogP contribution in [-0.4, -0.2) is 50.6 Å². The molecule has 0 rings (SSSR count). The first-order valence-electron chi connectivity index (χ1n) is 4.23. The summed E-state index contributed by atoms with van der Waals surface area (Å²) in [5, 5.41) is -4.70. The molecule has 0 heterocycles. The highest BCUT2D eigenvalue weighted by Gasteiger charge is 2.72. The molecule has 0 amide bonds. The highest BCUT2D eigenvalue weighted by atomic mass is 32.2. The minimum atomic E-state index is -7.14. The molecule has 118 valence electrons. The highest BCUT2D eigenvalue weighted by molar-refractivity contribution is 7.86. The Morgan fingerprint density at radius 3 is 1.42 bits per heavy atom. The van der Waals surface area contributed by atoms with Crippen molar-refractivity contribution in [1.82, 2.24) is 0 Å². The zero-order valence-electron chi connectivity index (χ0n) is 9.31. The third-order valence-electron chi connectivity index (χ3n) is 1.31. The average molecular weight is 327 g/mol. The molecule has 0 aromatic heterocycles. The first-order chi connectivity index (χ1) is 8.07. The Morgan fingerprint density at radius 2 is 1.26 bits per heavy atom. The van der Waals surface area contributed by atoms with Crippen LogP contribution in [0.15, 0.2) is 0 Å². The van der Waals surface area contributed by atoms with Crippen LogP contribution in [0, 0.1) is 0 Å². The van der Waals surface area contributed by atoms with Gasteiger partial charge in [-0.05, 0) is 0 Å². The molecule has 1 atom stereocenters. The minimum Gasteiger partial charge on any atom is -0.743 e. The third kappa shape index (κ3) is 4.72. The van der Waals surface area contributed by atoms with Crippen molar-refractivity contribution >= 4 is 10.1 Å². The topological polar surface area (TPSA) is 73.8 Å². The summed E-state index contributed by atoms with van der Waals surface area (Å²) in [7, 11) is -3.14. The van der Waals surface area contributed by atoms with Crippen molar-refractivity contribution in [2.45, 2.75) is 23.5 Å². The molecular weight excluding hydrogens is 318 g/mol. The number of halogens is 8. The molecule has 13 heteroatoms. The number of rotatable bonds is 3. The standard InChI is InChI=1S/C4H2F8O3S.C2H7N/c5-1(3(8,9)10)2(6,7)4(11,12)16(13,14)15;1-3-2/h1H,(H,13,14,15);3H,1-2H3. The molecule has 0 spiro atoms. The molecule has 0 radical (unpaired) electrons. The van der Waals surface area contributed by atoms with Gasteiger partial charge in [-0.2, -0.15) is 30.7 Å². The molecule has 0 bridgehead atoms. The van der Waals surface area contributed by atoms with E-state index >= 15 is 0 Å². The van der Waals surface area contributed by atoms with E-state index in [1.54, 1.807) is 0 Å². The van der Waals surface area contributed by atoms with Crippen LogP contribution in [0.3, 0.4) is 0 Å². The van der Waals surface area contributed by atoms with Gasteiger partial charge in [0.05, 0.1) is 14.1 Å². The van der Waals surface area contributed by atoms with E-state index in [0.29, 0.717) is 0 Å². The van der Waals surface area contributed by atoms with Gasteiger partial charge in [0, 0.05) is 0 Å². The van der Waals surface area contributed by atoms with E-state index in [0.717, 1.165) is 0 Å². The summed E-state index contributed by atoms with van der Waals surface area (Å²) in [5.74, 6) is -6.70. The second-order valence-corrected chi connectivity index (χ2v) is 4.50. The van der Waals surface area contributed by atoms with E-state index in [1.807, 2.05) is 19.4 Å². The Labute approximate surface area is 102 Å². The largest absolute Gasteiger partial charge is 0.743 e. The Hall–Kier alpha value is -0.690. The molecule has 4 nitrogen and oxygen atoms in total. The van der Waals surface area contributed by atoms with Crippen LogP contribution in [0.2, 0.25) is 0 Å². The van der Waals surface area contributed by atoms with Gasteiger partial charge in [0.2, 0.25) is 0 Å². The monoisotopic (exact) mass is 327 g/mol. The molecule has 0 aliphatic carbocycles. The van der Waals surface area contributed by atoms with Crippen molar-refractivity contribution < 1.29 is 53.4 Å². The summed E-state index contributed by atoms with van der Waals surface area (Å²) in [6, 6.07) is 0. The van der Waals surface area contributed by atoms with Crippen molar-refractivity contribution in [3.8, 4) is 0 Å². The maximum Gasteiger partial charge on any atom is 0.425 e. The molecule has 0 saturated heterocycles. The van der Waals surface area contributed by atoms with Crippen LogP contribution in [0.5, 0.6) is 0 Å². The molecule has 0 fully saturated rings. The van der Waals surface area contributed by atoms with Gasteiger partial charge in [-0.15, -0.1) is 0 Å². The fourth-order valence-corrected chi connectivity index (χ4v) is 0.957. The number of nitrogens with two attached hydrogens (primary N) is 1. The van der Waals surface area contributed by atoms with E-state index in [-0.39, 0.29) is 0 Å². The molecule has 0 aliphatic rings. The molecule has 0 aliphatic heterocycles. The summed E-state index contributed by atoms with van der Waals surface area (Å²) in [5.41, 5.74) is 0. The molecular formula is C6H9F8NO3S. The van der Waals surface area contributed by atoms with Crippen molar-refractivity contribution in [2.24, 2.45) is 0 Å². The number of hydrogen-bond acceptors (Lipinski definition) is 3. The lowest BCUT2D eigenvalue weighted by Gasteiger charge is -2.31. The van der Waals surface area contributed by atoms with Crippen LogP contribution in [0.25, 0.3) is 0 Å². The summed E-state index contributed by atoms with van der Waals surface area (Å²) < 4.78 is 123. The quantitative estimate of drug-likeness (QED) is 0.605. The van der Waals surface area contributed by atoms with E-state index in [1.165, 1.54) is 0 Å². The lowest BCUT2D eigenvalue weighted by Crippen LogP contribution is -2.74. The average Bonchev–Trinajstić information content (AvgIpc) is 2.14. The molecule has 0 aromatic rings. The van der Waals surface area contributed by atoms with Gasteiger partial charge in [-0.3, -0.25) is 0 Å². The summed E-state index contributed by atoms with van der Waals surface area (Å²) in [4.78, 5) is 0. The zero-order chi connectivity index (χ0) is 16.3. The van der Waals surface area contributed by atoms with Gasteiger partial charge in [0.25, 0.3) is 6.17 Å². The molecule has 0 aromatic carbocycles. The van der Waals surface area contributed by atoms with Crippen molar-refractivity contribution in [3.63, 3.8) is 0 Å². The van der Waals surface area contributed by atoms with E-state index in [9.17, 15) is 48.1 Å². The first kappa shape index (κ1) is 20.6. The SMILES string of the molecule is C[NH2+]C.O=S(=O)([O-])C(F)(F)C(F)(F)C(F)C(F)(F)F. The molecule has 2 N–H and O–H groups in total. The van der Waals surface area contributed by atoms with Crippen molar-refractivity contribution in [1.29, 1.82) is 0 Å². The number of quaternary nitrogens is 1. The predicted molar refractivity (Wildman–Crippen MR) is 44.3 cm³/mol. The summed E-state index contributed by atoms with van der Waals surface area (Å²) in [6.45, 7) is 0. The smallest absolute Gasteiger partial charge is 0.425 e. The van der Waals surface area contributed by atoms with Gasteiger partial charge < -0.3 is 9.87 Å². The lowest BCUT2D eigenvalue weighted by atomic mass is 10.2. The van der Waals surface area contributed by atoms with E-state index in [2.05, 4.69) is 0 Å². The Kier molecular flexibility index (Phi) is 6.70. The molecule has 1 unspecified atom stereocenters. The maximum absolute atomic E-state index is 12.2. The van der Waals surface area contributed by atoms with Crippen LogP contribution in [-0.2, 0) is 10.1 Å². The van der Waals surface area contributed by atoms with Crippen LogP contribution >= 0.6 is 0 Å². The lowest BCUT2D eigenvalue weighted by molar-refractivity contribution is -0.597. The van der Waals surface area contributed by atoms with Crippen LogP contribution < -0.4 is 5.32 Å². The minimum absolute atomic E-state index is 2.00. The van der Waals surface area contributed by atoms with E-state index in [4.69, 9.17) is 0 Å². The van der Waals surface area contributed by atoms with Gasteiger partial charge in [0.15, 0.2) is 10.1 Å². The van der Waals surface area contributed by atoms with Gasteiger partial charge in [-0.1, -0.05) is 0 Å². The van der Waals surface area contributed by atoms with E-state index < -0.39 is 33.6 Å². The zero-order valence-corrected chi connectivity index (χ0v) is 10.1. The van der Waals surface area contributed by atoms with Crippen molar-refractivity contribution in [3.05, 3.63) is 0 Å². The van der Waals surface area contributed by atoms with Gasteiger partial charge >= 0.3 is 17.4 Å². The molecule has 19 heavy (non-hydrogen) atoms. The Morgan fingerprint density at radius 1 is 1.00 bits per heavy atom. The molecule has 0 saturated carbocycles. The fraction of sp³-hybridized carbons (Fsp3) is 1.00.